The number of ether oxygens (including phenoxy) is 1. The smallest absolute Gasteiger partial charge is 0.339 e. The highest BCUT2D eigenvalue weighted by atomic mass is 35.5. The van der Waals surface area contributed by atoms with Gasteiger partial charge in [-0.05, 0) is 36.4 Å². The maximum absolute atomic E-state index is 12.9. The lowest BCUT2D eigenvalue weighted by molar-refractivity contribution is -0.384. The molecule has 11 heteroatoms. The Balaban J connectivity index is 1.61. The van der Waals surface area contributed by atoms with E-state index in [-0.39, 0.29) is 20.6 Å². The SMILES string of the molecule is COC(=O)c1cc(-c2ccc(/C=C3\SC(=S)N(c4cccc([N+](=O)[O-])c4)C3=O)o2)ccc1Cl. The zero-order valence-electron chi connectivity index (χ0n) is 16.8. The first-order valence-corrected chi connectivity index (χ1v) is 10.9. The van der Waals surface area contributed by atoms with Gasteiger partial charge in [-0.2, -0.15) is 0 Å². The number of benzene rings is 2. The molecule has 166 valence electrons. The van der Waals surface area contributed by atoms with E-state index in [2.05, 4.69) is 0 Å². The zero-order chi connectivity index (χ0) is 23.7. The molecule has 8 nitrogen and oxygen atoms in total. The summed E-state index contributed by atoms with van der Waals surface area (Å²) in [7, 11) is 1.26. The van der Waals surface area contributed by atoms with Crippen LogP contribution in [0.5, 0.6) is 0 Å². The molecule has 2 heterocycles. The Morgan fingerprint density at radius 3 is 2.76 bits per heavy atom. The summed E-state index contributed by atoms with van der Waals surface area (Å²) in [5.74, 6) is -0.141. The number of rotatable bonds is 5. The van der Waals surface area contributed by atoms with Gasteiger partial charge in [0.15, 0.2) is 4.32 Å². The molecule has 3 aromatic rings. The summed E-state index contributed by atoms with van der Waals surface area (Å²) in [6.07, 6.45) is 1.54. The lowest BCUT2D eigenvalue weighted by atomic mass is 10.1. The van der Waals surface area contributed by atoms with Gasteiger partial charge < -0.3 is 9.15 Å². The number of nitrogens with zero attached hydrogens (tertiary/aromatic N) is 2. The molecule has 1 aromatic heterocycles. The highest BCUT2D eigenvalue weighted by Gasteiger charge is 2.34. The fourth-order valence-electron chi connectivity index (χ4n) is 3.10. The molecule has 0 saturated carbocycles. The number of hydrogen-bond acceptors (Lipinski definition) is 8. The van der Waals surface area contributed by atoms with Crippen LogP contribution < -0.4 is 4.90 Å². The monoisotopic (exact) mass is 500 g/mol. The van der Waals surface area contributed by atoms with Crippen LogP contribution in [0.4, 0.5) is 11.4 Å². The van der Waals surface area contributed by atoms with Crippen LogP contribution >= 0.6 is 35.6 Å². The van der Waals surface area contributed by atoms with Gasteiger partial charge in [-0.25, -0.2) is 4.79 Å². The number of non-ortho nitro benzene ring substituents is 1. The number of amides is 1. The van der Waals surface area contributed by atoms with Gasteiger partial charge in [0.05, 0.1) is 33.2 Å². The van der Waals surface area contributed by atoms with Crippen molar-refractivity contribution in [3.05, 3.63) is 86.0 Å². The molecule has 0 radical (unpaired) electrons. The second-order valence-corrected chi connectivity index (χ2v) is 8.77. The number of anilines is 1. The minimum atomic E-state index is -0.571. The van der Waals surface area contributed by atoms with Crippen LogP contribution in [0.2, 0.25) is 5.02 Å². The molecule has 0 spiro atoms. The van der Waals surface area contributed by atoms with Gasteiger partial charge in [0.1, 0.15) is 11.5 Å². The molecule has 1 aliphatic rings. The Morgan fingerprint density at radius 1 is 1.24 bits per heavy atom. The third-order valence-corrected chi connectivity index (χ3v) is 6.28. The van der Waals surface area contributed by atoms with Gasteiger partial charge in [0, 0.05) is 23.8 Å². The number of esters is 1. The second-order valence-electron chi connectivity index (χ2n) is 6.68. The fraction of sp³-hybridized carbons (Fsp3) is 0.0455. The Morgan fingerprint density at radius 2 is 2.03 bits per heavy atom. The van der Waals surface area contributed by atoms with Crippen molar-refractivity contribution in [3.8, 4) is 11.3 Å². The van der Waals surface area contributed by atoms with Crippen molar-refractivity contribution in [1.29, 1.82) is 0 Å². The number of hydrogen-bond donors (Lipinski definition) is 0. The molecule has 0 atom stereocenters. The first kappa shape index (κ1) is 22.7. The van der Waals surface area contributed by atoms with E-state index < -0.39 is 16.8 Å². The third-order valence-electron chi connectivity index (χ3n) is 4.65. The molecular weight excluding hydrogens is 488 g/mol. The van der Waals surface area contributed by atoms with Crippen molar-refractivity contribution >= 4 is 69.2 Å². The van der Waals surface area contributed by atoms with E-state index in [1.54, 1.807) is 36.4 Å². The van der Waals surface area contributed by atoms with Gasteiger partial charge in [-0.3, -0.25) is 19.8 Å². The minimum Gasteiger partial charge on any atom is -0.465 e. The zero-order valence-corrected chi connectivity index (χ0v) is 19.2. The summed E-state index contributed by atoms with van der Waals surface area (Å²) < 4.78 is 10.8. The van der Waals surface area contributed by atoms with E-state index >= 15 is 0 Å². The van der Waals surface area contributed by atoms with E-state index in [0.717, 1.165) is 11.8 Å². The van der Waals surface area contributed by atoms with Crippen molar-refractivity contribution in [3.63, 3.8) is 0 Å². The molecule has 33 heavy (non-hydrogen) atoms. The van der Waals surface area contributed by atoms with Crippen LogP contribution in [0.25, 0.3) is 17.4 Å². The van der Waals surface area contributed by atoms with Gasteiger partial charge in [-0.15, -0.1) is 0 Å². The molecule has 0 aliphatic carbocycles. The van der Waals surface area contributed by atoms with Gasteiger partial charge in [-0.1, -0.05) is 41.6 Å². The Kier molecular flexibility index (Phi) is 6.32. The van der Waals surface area contributed by atoms with Crippen molar-refractivity contribution in [1.82, 2.24) is 0 Å². The summed E-state index contributed by atoms with van der Waals surface area (Å²) in [6.45, 7) is 0. The highest BCUT2D eigenvalue weighted by molar-refractivity contribution is 8.27. The quantitative estimate of drug-likeness (QED) is 0.144. The topological polar surface area (TPSA) is 103 Å². The van der Waals surface area contributed by atoms with Crippen LogP contribution in [0, 0.1) is 10.1 Å². The highest BCUT2D eigenvalue weighted by Crippen LogP contribution is 2.37. The van der Waals surface area contributed by atoms with E-state index in [9.17, 15) is 19.7 Å². The average molecular weight is 501 g/mol. The van der Waals surface area contributed by atoms with Gasteiger partial charge >= 0.3 is 5.97 Å². The molecule has 1 saturated heterocycles. The van der Waals surface area contributed by atoms with Crippen molar-refractivity contribution in [2.75, 3.05) is 12.0 Å². The predicted molar refractivity (Wildman–Crippen MR) is 129 cm³/mol. The summed E-state index contributed by atoms with van der Waals surface area (Å²) >= 11 is 12.4. The molecule has 0 unspecified atom stereocenters. The fourth-order valence-corrected chi connectivity index (χ4v) is 4.57. The molecule has 2 aromatic carbocycles. The predicted octanol–water partition coefficient (Wildman–Crippen LogP) is 5.70. The maximum atomic E-state index is 12.9. The molecule has 4 rings (SSSR count). The molecule has 1 fully saturated rings. The Hall–Kier alpha value is -3.47. The van der Waals surface area contributed by atoms with Crippen molar-refractivity contribution < 1.29 is 23.7 Å². The molecule has 1 amide bonds. The van der Waals surface area contributed by atoms with E-state index in [4.69, 9.17) is 33.0 Å². The summed E-state index contributed by atoms with van der Waals surface area (Å²) in [5.41, 5.74) is 0.971. The normalized spacial score (nSPS) is 14.7. The first-order chi connectivity index (χ1) is 15.8. The van der Waals surface area contributed by atoms with Gasteiger partial charge in [0.25, 0.3) is 11.6 Å². The summed E-state index contributed by atoms with van der Waals surface area (Å²) in [6, 6.07) is 13.9. The Labute approximate surface area is 201 Å². The van der Waals surface area contributed by atoms with Crippen molar-refractivity contribution in [2.24, 2.45) is 0 Å². The average Bonchev–Trinajstić information content (AvgIpc) is 3.37. The lowest BCUT2D eigenvalue weighted by Gasteiger charge is -2.13. The number of halogens is 1. The number of carbonyl (C=O) groups excluding carboxylic acids is 2. The van der Waals surface area contributed by atoms with Crippen LogP contribution in [-0.4, -0.2) is 28.2 Å². The lowest BCUT2D eigenvalue weighted by Crippen LogP contribution is -2.27. The van der Waals surface area contributed by atoms with E-state index in [1.807, 2.05) is 0 Å². The number of thioether (sulfide) groups is 1. The maximum Gasteiger partial charge on any atom is 0.339 e. The first-order valence-electron chi connectivity index (χ1n) is 9.29. The number of nitro groups is 1. The van der Waals surface area contributed by atoms with Crippen LogP contribution in [0.3, 0.4) is 0 Å². The second kappa shape index (κ2) is 9.18. The van der Waals surface area contributed by atoms with Gasteiger partial charge in [0.2, 0.25) is 0 Å². The van der Waals surface area contributed by atoms with Crippen LogP contribution in [0.15, 0.2) is 63.9 Å². The number of methoxy groups -OCH3 is 1. The number of carbonyl (C=O) groups is 2. The molecule has 0 bridgehead atoms. The number of thiocarbonyl (C=S) groups is 1. The van der Waals surface area contributed by atoms with E-state index in [0.29, 0.717) is 27.7 Å². The third kappa shape index (κ3) is 4.54. The van der Waals surface area contributed by atoms with Crippen LogP contribution in [0.1, 0.15) is 16.1 Å². The largest absolute Gasteiger partial charge is 0.465 e. The van der Waals surface area contributed by atoms with Crippen LogP contribution in [-0.2, 0) is 9.53 Å². The van der Waals surface area contributed by atoms with E-state index in [1.165, 1.54) is 36.3 Å². The summed E-state index contributed by atoms with van der Waals surface area (Å²) in [4.78, 5) is 36.9. The molecule has 1 aliphatic heterocycles. The molecular formula is C22H13ClN2O6S2. The van der Waals surface area contributed by atoms with Crippen molar-refractivity contribution in [2.45, 2.75) is 0 Å². The number of furan rings is 1. The summed E-state index contributed by atoms with van der Waals surface area (Å²) in [5, 5.41) is 11.3. The Bertz CT molecular complexity index is 1350. The standard InChI is InChI=1S/C22H13ClN2O6S2/c1-30-21(27)16-9-12(5-7-17(16)23)18-8-6-15(31-18)11-19-20(26)24(22(32)33-19)13-3-2-4-14(10-13)25(28)29/h2-11H,1H3/b19-11-. The minimum absolute atomic E-state index is 0.143. The number of nitro benzene ring substituents is 1. The molecule has 0 N–H and O–H groups in total.